The zero-order chi connectivity index (χ0) is 13.8. The van der Waals surface area contributed by atoms with E-state index in [-0.39, 0.29) is 23.1 Å². The number of sulfone groups is 1. The van der Waals surface area contributed by atoms with Gasteiger partial charge in [0.05, 0.1) is 12.4 Å². The van der Waals surface area contributed by atoms with Crippen molar-refractivity contribution in [2.45, 2.75) is 6.42 Å². The van der Waals surface area contributed by atoms with Crippen LogP contribution in [0.1, 0.15) is 12.0 Å². The molecule has 0 aliphatic rings. The summed E-state index contributed by atoms with van der Waals surface area (Å²) in [7, 11) is -3.01. The first-order chi connectivity index (χ1) is 8.29. The van der Waals surface area contributed by atoms with Crippen molar-refractivity contribution in [3.05, 3.63) is 29.6 Å². The molecule has 0 atom stereocenters. The molecule has 1 aromatic carbocycles. The SMILES string of the molecule is CS(=O)(=O)CCCOc1ccc(C(N)=S)cc1F. The van der Waals surface area contributed by atoms with Gasteiger partial charge in [0.2, 0.25) is 0 Å². The predicted molar refractivity (Wildman–Crippen MR) is 72.1 cm³/mol. The molecule has 2 N–H and O–H groups in total. The number of ether oxygens (including phenoxy) is 1. The van der Waals surface area contributed by atoms with Gasteiger partial charge in [-0.1, -0.05) is 12.2 Å². The van der Waals surface area contributed by atoms with E-state index in [0.717, 1.165) is 6.26 Å². The van der Waals surface area contributed by atoms with Crippen LogP contribution < -0.4 is 10.5 Å². The second-order valence-corrected chi connectivity index (χ2v) is 6.54. The summed E-state index contributed by atoms with van der Waals surface area (Å²) in [6, 6.07) is 4.16. The molecule has 0 heterocycles. The molecule has 4 nitrogen and oxygen atoms in total. The lowest BCUT2D eigenvalue weighted by atomic mass is 10.2. The van der Waals surface area contributed by atoms with E-state index in [4.69, 9.17) is 22.7 Å². The fraction of sp³-hybridized carbons (Fsp3) is 0.364. The number of hydrogen-bond acceptors (Lipinski definition) is 4. The first-order valence-corrected chi connectivity index (χ1v) is 7.66. The third-order valence-corrected chi connectivity index (χ3v) is 3.40. The quantitative estimate of drug-likeness (QED) is 0.631. The van der Waals surface area contributed by atoms with Gasteiger partial charge in [-0.25, -0.2) is 12.8 Å². The van der Waals surface area contributed by atoms with Gasteiger partial charge in [-0.15, -0.1) is 0 Å². The highest BCUT2D eigenvalue weighted by Crippen LogP contribution is 2.18. The Morgan fingerprint density at radius 2 is 2.17 bits per heavy atom. The minimum Gasteiger partial charge on any atom is -0.490 e. The van der Waals surface area contributed by atoms with Crippen LogP contribution in [0.25, 0.3) is 0 Å². The molecule has 7 heteroatoms. The fourth-order valence-electron chi connectivity index (χ4n) is 1.27. The summed E-state index contributed by atoms with van der Waals surface area (Å²) in [5.74, 6) is -0.497. The first-order valence-electron chi connectivity index (χ1n) is 5.19. The van der Waals surface area contributed by atoms with Crippen LogP contribution in [0.4, 0.5) is 4.39 Å². The van der Waals surface area contributed by atoms with Crippen molar-refractivity contribution in [3.8, 4) is 5.75 Å². The van der Waals surface area contributed by atoms with E-state index in [9.17, 15) is 12.8 Å². The van der Waals surface area contributed by atoms with E-state index in [0.29, 0.717) is 12.0 Å². The number of thiocarbonyl (C=S) groups is 1. The minimum atomic E-state index is -3.01. The number of rotatable bonds is 6. The van der Waals surface area contributed by atoms with Gasteiger partial charge in [-0.3, -0.25) is 0 Å². The highest BCUT2D eigenvalue weighted by Gasteiger charge is 2.07. The molecule has 0 aliphatic carbocycles. The lowest BCUT2D eigenvalue weighted by Gasteiger charge is -2.08. The molecule has 0 spiro atoms. The minimum absolute atomic E-state index is 0.0135. The van der Waals surface area contributed by atoms with Crippen LogP contribution in [0.5, 0.6) is 5.75 Å². The molecule has 0 fully saturated rings. The highest BCUT2D eigenvalue weighted by molar-refractivity contribution is 7.90. The zero-order valence-electron chi connectivity index (χ0n) is 9.85. The van der Waals surface area contributed by atoms with Gasteiger partial charge in [-0.05, 0) is 24.6 Å². The van der Waals surface area contributed by atoms with Crippen molar-refractivity contribution in [1.29, 1.82) is 0 Å². The van der Waals surface area contributed by atoms with Crippen molar-refractivity contribution in [2.24, 2.45) is 5.73 Å². The summed E-state index contributed by atoms with van der Waals surface area (Å²) in [6.07, 6.45) is 1.46. The van der Waals surface area contributed by atoms with E-state index < -0.39 is 15.7 Å². The average molecular weight is 291 g/mol. The predicted octanol–water partition coefficient (Wildman–Crippen LogP) is 1.27. The van der Waals surface area contributed by atoms with Crippen molar-refractivity contribution >= 4 is 27.0 Å². The zero-order valence-corrected chi connectivity index (χ0v) is 11.5. The first kappa shape index (κ1) is 14.8. The maximum Gasteiger partial charge on any atom is 0.165 e. The maximum atomic E-state index is 13.5. The topological polar surface area (TPSA) is 69.4 Å². The standard InChI is InChI=1S/C11H14FNO3S2/c1-18(14,15)6-2-5-16-10-4-3-8(11(13)17)7-9(10)12/h3-4,7H,2,5-6H2,1H3,(H2,13,17). The molecule has 0 unspecified atom stereocenters. The molecule has 0 aromatic heterocycles. The Kier molecular flexibility index (Phi) is 5.03. The van der Waals surface area contributed by atoms with Gasteiger partial charge in [0, 0.05) is 11.8 Å². The fourth-order valence-corrected chi connectivity index (χ4v) is 2.04. The van der Waals surface area contributed by atoms with E-state index in [1.54, 1.807) is 6.07 Å². The van der Waals surface area contributed by atoms with Crippen LogP contribution in [-0.2, 0) is 9.84 Å². The number of halogens is 1. The second-order valence-electron chi connectivity index (χ2n) is 3.84. The third-order valence-electron chi connectivity index (χ3n) is 2.13. The molecule has 0 radical (unpaired) electrons. The molecule has 0 saturated heterocycles. The van der Waals surface area contributed by atoms with Gasteiger partial charge in [0.15, 0.2) is 11.6 Å². The Bertz CT molecular complexity index is 543. The molecular weight excluding hydrogens is 277 g/mol. The monoisotopic (exact) mass is 291 g/mol. The van der Waals surface area contributed by atoms with Gasteiger partial charge >= 0.3 is 0 Å². The molecule has 0 aliphatic heterocycles. The number of nitrogens with two attached hydrogens (primary N) is 1. The molecule has 0 bridgehead atoms. The van der Waals surface area contributed by atoms with Crippen LogP contribution in [0.2, 0.25) is 0 Å². The Morgan fingerprint density at radius 1 is 1.50 bits per heavy atom. The normalized spacial score (nSPS) is 11.2. The van der Waals surface area contributed by atoms with Crippen LogP contribution >= 0.6 is 12.2 Å². The van der Waals surface area contributed by atoms with Crippen LogP contribution in [0.15, 0.2) is 18.2 Å². The van der Waals surface area contributed by atoms with Gasteiger partial charge < -0.3 is 10.5 Å². The maximum absolute atomic E-state index is 13.5. The molecular formula is C11H14FNO3S2. The average Bonchev–Trinajstić information content (AvgIpc) is 2.24. The Morgan fingerprint density at radius 3 is 2.67 bits per heavy atom. The summed E-state index contributed by atoms with van der Waals surface area (Å²) in [5, 5.41) is 0. The Hall–Kier alpha value is -1.21. The summed E-state index contributed by atoms with van der Waals surface area (Å²) in [5.41, 5.74) is 5.78. The van der Waals surface area contributed by atoms with Crippen LogP contribution in [0.3, 0.4) is 0 Å². The van der Waals surface area contributed by atoms with E-state index in [1.165, 1.54) is 12.1 Å². The summed E-state index contributed by atoms with van der Waals surface area (Å²) < 4.78 is 40.4. The third kappa shape index (κ3) is 4.97. The van der Waals surface area contributed by atoms with Crippen LogP contribution in [-0.4, -0.2) is 32.0 Å². The summed E-state index contributed by atoms with van der Waals surface area (Å²) >= 11 is 4.72. The molecule has 1 aromatic rings. The summed E-state index contributed by atoms with van der Waals surface area (Å²) in [6.45, 7) is 0.135. The molecule has 0 saturated carbocycles. The molecule has 1 rings (SSSR count). The smallest absolute Gasteiger partial charge is 0.165 e. The molecule has 18 heavy (non-hydrogen) atoms. The molecule has 100 valence electrons. The van der Waals surface area contributed by atoms with Crippen molar-refractivity contribution in [3.63, 3.8) is 0 Å². The Balaban J connectivity index is 2.56. The molecule has 0 amide bonds. The van der Waals surface area contributed by atoms with E-state index in [2.05, 4.69) is 0 Å². The van der Waals surface area contributed by atoms with E-state index in [1.807, 2.05) is 0 Å². The van der Waals surface area contributed by atoms with Crippen LogP contribution in [0, 0.1) is 5.82 Å². The second kappa shape index (κ2) is 6.10. The lowest BCUT2D eigenvalue weighted by Crippen LogP contribution is -2.11. The van der Waals surface area contributed by atoms with Gasteiger partial charge in [0.25, 0.3) is 0 Å². The van der Waals surface area contributed by atoms with Crippen molar-refractivity contribution in [2.75, 3.05) is 18.6 Å². The van der Waals surface area contributed by atoms with Crippen molar-refractivity contribution in [1.82, 2.24) is 0 Å². The Labute approximate surface area is 111 Å². The van der Waals surface area contributed by atoms with Gasteiger partial charge in [0.1, 0.15) is 14.8 Å². The largest absolute Gasteiger partial charge is 0.490 e. The van der Waals surface area contributed by atoms with Crippen molar-refractivity contribution < 1.29 is 17.5 Å². The number of benzene rings is 1. The van der Waals surface area contributed by atoms with E-state index >= 15 is 0 Å². The van der Waals surface area contributed by atoms with Gasteiger partial charge in [-0.2, -0.15) is 0 Å². The highest BCUT2D eigenvalue weighted by atomic mass is 32.2. The summed E-state index contributed by atoms with van der Waals surface area (Å²) in [4.78, 5) is 0.109. The lowest BCUT2D eigenvalue weighted by molar-refractivity contribution is 0.301. The number of hydrogen-bond donors (Lipinski definition) is 1.